The van der Waals surface area contributed by atoms with Crippen molar-refractivity contribution in [3.05, 3.63) is 42.2 Å². The Morgan fingerprint density at radius 1 is 1.20 bits per heavy atom. The van der Waals surface area contributed by atoms with Crippen LogP contribution in [0.1, 0.15) is 5.69 Å². The monoisotopic (exact) mass is 292 g/mol. The summed E-state index contributed by atoms with van der Waals surface area (Å²) in [6.07, 6.45) is 1.60. The number of nitrogens with zero attached hydrogens (tertiary/aromatic N) is 1. The lowest BCUT2D eigenvalue weighted by Gasteiger charge is -2.11. The van der Waals surface area contributed by atoms with E-state index < -0.39 is 10.8 Å². The van der Waals surface area contributed by atoms with Crippen LogP contribution in [-0.2, 0) is 16.6 Å². The fourth-order valence-corrected chi connectivity index (χ4v) is 3.01. The van der Waals surface area contributed by atoms with Crippen molar-refractivity contribution < 1.29 is 13.7 Å². The van der Waals surface area contributed by atoms with Gasteiger partial charge < -0.3 is 15.2 Å². The third-order valence-electron chi connectivity index (χ3n) is 2.80. The second-order valence-electron chi connectivity index (χ2n) is 4.02. The van der Waals surface area contributed by atoms with E-state index in [1.807, 2.05) is 0 Å². The summed E-state index contributed by atoms with van der Waals surface area (Å²) in [5, 5.41) is 0. The van der Waals surface area contributed by atoms with Crippen molar-refractivity contribution in [3.63, 3.8) is 0 Å². The number of anilines is 1. The van der Waals surface area contributed by atoms with Gasteiger partial charge in [-0.2, -0.15) is 0 Å². The van der Waals surface area contributed by atoms with E-state index in [9.17, 15) is 4.21 Å². The zero-order chi connectivity index (χ0) is 14.5. The van der Waals surface area contributed by atoms with Gasteiger partial charge in [0.1, 0.15) is 0 Å². The SMILES string of the molecule is COc1ccnc(CS(=O)c2ccccc2N)c1OC. The number of pyridine rings is 1. The van der Waals surface area contributed by atoms with Crippen molar-refractivity contribution in [1.29, 1.82) is 0 Å². The van der Waals surface area contributed by atoms with Crippen LogP contribution in [0.2, 0.25) is 0 Å². The summed E-state index contributed by atoms with van der Waals surface area (Å²) in [4.78, 5) is 4.81. The summed E-state index contributed by atoms with van der Waals surface area (Å²) in [7, 11) is 1.79. The third-order valence-corrected chi connectivity index (χ3v) is 4.20. The Bertz CT molecular complexity index is 632. The van der Waals surface area contributed by atoms with Crippen molar-refractivity contribution in [2.24, 2.45) is 0 Å². The molecule has 0 spiro atoms. The number of hydrogen-bond donors (Lipinski definition) is 1. The Hall–Kier alpha value is -2.08. The first kappa shape index (κ1) is 14.3. The number of hydrogen-bond acceptors (Lipinski definition) is 5. The average molecular weight is 292 g/mol. The van der Waals surface area contributed by atoms with Gasteiger partial charge in [0.2, 0.25) is 0 Å². The van der Waals surface area contributed by atoms with Crippen molar-refractivity contribution in [2.75, 3.05) is 20.0 Å². The fourth-order valence-electron chi connectivity index (χ4n) is 1.84. The first-order chi connectivity index (χ1) is 9.67. The normalized spacial score (nSPS) is 11.9. The van der Waals surface area contributed by atoms with Gasteiger partial charge in [-0.15, -0.1) is 0 Å². The van der Waals surface area contributed by atoms with Crippen LogP contribution in [0.25, 0.3) is 0 Å². The van der Waals surface area contributed by atoms with Crippen LogP contribution in [0.4, 0.5) is 5.69 Å². The lowest BCUT2D eigenvalue weighted by atomic mass is 10.3. The minimum absolute atomic E-state index is 0.217. The molecule has 0 amide bonds. The van der Waals surface area contributed by atoms with Crippen molar-refractivity contribution >= 4 is 16.5 Å². The molecule has 0 saturated heterocycles. The van der Waals surface area contributed by atoms with Gasteiger partial charge >= 0.3 is 0 Å². The quantitative estimate of drug-likeness (QED) is 0.853. The molecule has 1 aromatic carbocycles. The molecule has 1 aromatic heterocycles. The molecule has 1 unspecified atom stereocenters. The number of benzene rings is 1. The molecular weight excluding hydrogens is 276 g/mol. The molecule has 2 N–H and O–H groups in total. The van der Waals surface area contributed by atoms with Crippen LogP contribution < -0.4 is 15.2 Å². The molecule has 0 bridgehead atoms. The maximum atomic E-state index is 12.4. The van der Waals surface area contributed by atoms with Gasteiger partial charge in [-0.25, -0.2) is 0 Å². The Labute approximate surface area is 120 Å². The molecule has 0 fully saturated rings. The summed E-state index contributed by atoms with van der Waals surface area (Å²) >= 11 is 0. The fraction of sp³-hybridized carbons (Fsp3) is 0.214. The lowest BCUT2D eigenvalue weighted by molar-refractivity contribution is 0.350. The first-order valence-corrected chi connectivity index (χ1v) is 7.28. The number of rotatable bonds is 5. The summed E-state index contributed by atoms with van der Waals surface area (Å²) in [5.74, 6) is 1.28. The van der Waals surface area contributed by atoms with Gasteiger partial charge in [0.15, 0.2) is 11.5 Å². The van der Waals surface area contributed by atoms with Crippen LogP contribution >= 0.6 is 0 Å². The number of ether oxygens (including phenoxy) is 2. The number of nitrogen functional groups attached to an aromatic ring is 1. The molecule has 2 rings (SSSR count). The highest BCUT2D eigenvalue weighted by molar-refractivity contribution is 7.84. The second-order valence-corrected chi connectivity index (χ2v) is 5.44. The molecule has 6 heteroatoms. The van der Waals surface area contributed by atoms with Gasteiger partial charge in [-0.1, -0.05) is 12.1 Å². The zero-order valence-electron chi connectivity index (χ0n) is 11.3. The van der Waals surface area contributed by atoms with E-state index in [4.69, 9.17) is 15.2 Å². The van der Waals surface area contributed by atoms with Crippen molar-refractivity contribution in [2.45, 2.75) is 10.6 Å². The van der Waals surface area contributed by atoms with E-state index in [0.717, 1.165) is 0 Å². The smallest absolute Gasteiger partial charge is 0.183 e. The molecule has 0 aliphatic carbocycles. The van der Waals surface area contributed by atoms with Gasteiger partial charge in [0.05, 0.1) is 41.4 Å². The molecule has 5 nitrogen and oxygen atoms in total. The Balaban J connectivity index is 2.31. The van der Waals surface area contributed by atoms with Gasteiger partial charge in [0.25, 0.3) is 0 Å². The molecule has 0 aliphatic heterocycles. The number of methoxy groups -OCH3 is 2. The Morgan fingerprint density at radius 3 is 2.60 bits per heavy atom. The van der Waals surface area contributed by atoms with Crippen LogP contribution in [0.15, 0.2) is 41.4 Å². The third kappa shape index (κ3) is 2.91. The highest BCUT2D eigenvalue weighted by Gasteiger charge is 2.16. The predicted molar refractivity (Wildman–Crippen MR) is 78.3 cm³/mol. The summed E-state index contributed by atoms with van der Waals surface area (Å²) < 4.78 is 22.9. The van der Waals surface area contributed by atoms with Crippen molar-refractivity contribution in [1.82, 2.24) is 4.98 Å². The molecule has 1 heterocycles. The molecule has 0 aliphatic rings. The highest BCUT2D eigenvalue weighted by Crippen LogP contribution is 2.31. The van der Waals surface area contributed by atoms with Gasteiger partial charge in [0, 0.05) is 18.0 Å². The van der Waals surface area contributed by atoms with E-state index in [2.05, 4.69) is 4.98 Å². The molecule has 0 radical (unpaired) electrons. The minimum Gasteiger partial charge on any atom is -0.493 e. The first-order valence-electron chi connectivity index (χ1n) is 5.96. The number of para-hydroxylation sites is 1. The van der Waals surface area contributed by atoms with Crippen LogP contribution in [-0.4, -0.2) is 23.4 Å². The molecule has 106 valence electrons. The largest absolute Gasteiger partial charge is 0.493 e. The topological polar surface area (TPSA) is 74.4 Å². The van der Waals surface area contributed by atoms with E-state index in [-0.39, 0.29) is 5.75 Å². The lowest BCUT2D eigenvalue weighted by Crippen LogP contribution is -2.05. The van der Waals surface area contributed by atoms with Crippen LogP contribution in [0, 0.1) is 0 Å². The van der Waals surface area contributed by atoms with E-state index in [0.29, 0.717) is 27.8 Å². The van der Waals surface area contributed by atoms with Crippen LogP contribution in [0.5, 0.6) is 11.5 Å². The minimum atomic E-state index is -1.29. The molecule has 0 saturated carbocycles. The van der Waals surface area contributed by atoms with E-state index >= 15 is 0 Å². The Kier molecular flexibility index (Phi) is 4.57. The maximum Gasteiger partial charge on any atom is 0.183 e. The molecule has 1 atom stereocenters. The number of nitrogens with two attached hydrogens (primary N) is 1. The standard InChI is InChI=1S/C14H16N2O3S/c1-18-12-7-8-16-11(14(12)19-2)9-20(17)13-6-4-3-5-10(13)15/h3-8H,9,15H2,1-2H3. The molecule has 2 aromatic rings. The van der Waals surface area contributed by atoms with E-state index in [1.165, 1.54) is 7.11 Å². The second kappa shape index (κ2) is 6.38. The van der Waals surface area contributed by atoms with Crippen LogP contribution in [0.3, 0.4) is 0 Å². The molecule has 20 heavy (non-hydrogen) atoms. The predicted octanol–water partition coefficient (Wildman–Crippen LogP) is 1.99. The number of aromatic nitrogens is 1. The summed E-state index contributed by atoms with van der Waals surface area (Å²) in [5.41, 5.74) is 6.92. The maximum absolute atomic E-state index is 12.4. The van der Waals surface area contributed by atoms with Gasteiger partial charge in [-0.3, -0.25) is 9.19 Å². The average Bonchev–Trinajstić information content (AvgIpc) is 2.47. The van der Waals surface area contributed by atoms with E-state index in [1.54, 1.807) is 43.6 Å². The van der Waals surface area contributed by atoms with Crippen molar-refractivity contribution in [3.8, 4) is 11.5 Å². The summed E-state index contributed by atoms with van der Waals surface area (Å²) in [6.45, 7) is 0. The van der Waals surface area contributed by atoms with Gasteiger partial charge in [-0.05, 0) is 12.1 Å². The molecular formula is C14H16N2O3S. The summed E-state index contributed by atoms with van der Waals surface area (Å²) in [6, 6.07) is 8.78. The Morgan fingerprint density at radius 2 is 1.95 bits per heavy atom. The highest BCUT2D eigenvalue weighted by atomic mass is 32.2. The zero-order valence-corrected chi connectivity index (χ0v) is 12.1.